The van der Waals surface area contributed by atoms with Crippen molar-refractivity contribution in [1.29, 1.82) is 0 Å². The van der Waals surface area contributed by atoms with Gasteiger partial charge in [-0.2, -0.15) is 10.2 Å². The molecule has 192 valence electrons. The minimum absolute atomic E-state index is 0.0188. The van der Waals surface area contributed by atoms with Crippen molar-refractivity contribution < 1.29 is 9.90 Å². The van der Waals surface area contributed by atoms with Gasteiger partial charge in [-0.1, -0.05) is 18.2 Å². The van der Waals surface area contributed by atoms with Gasteiger partial charge in [-0.15, -0.1) is 0 Å². The molecule has 3 aromatic heterocycles. The molecule has 5 rings (SSSR count). The molecule has 1 aliphatic carbocycles. The Morgan fingerprint density at radius 2 is 1.62 bits per heavy atom. The fourth-order valence-electron chi connectivity index (χ4n) is 4.80. The Kier molecular flexibility index (Phi) is 6.88. The van der Waals surface area contributed by atoms with Crippen molar-refractivity contribution in [3.8, 4) is 33.6 Å². The number of rotatable bonds is 7. The largest absolute Gasteiger partial charge is 0.394 e. The second kappa shape index (κ2) is 10.3. The first-order chi connectivity index (χ1) is 17.8. The van der Waals surface area contributed by atoms with Gasteiger partial charge in [0.25, 0.3) is 0 Å². The molecule has 0 radical (unpaired) electrons. The zero-order valence-electron chi connectivity index (χ0n) is 21.5. The van der Waals surface area contributed by atoms with Gasteiger partial charge in [-0.3, -0.25) is 14.2 Å². The van der Waals surface area contributed by atoms with E-state index in [-0.39, 0.29) is 24.5 Å². The summed E-state index contributed by atoms with van der Waals surface area (Å²) in [5.41, 5.74) is 4.37. The van der Waals surface area contributed by atoms with Crippen molar-refractivity contribution in [3.05, 3.63) is 61.4 Å². The number of hydrogen-bond acceptors (Lipinski definition) is 6. The Balaban J connectivity index is 1.23. The van der Waals surface area contributed by atoms with Crippen LogP contribution in [0.3, 0.4) is 0 Å². The average molecular weight is 500 g/mol. The van der Waals surface area contributed by atoms with Crippen molar-refractivity contribution in [1.82, 2.24) is 34.8 Å². The van der Waals surface area contributed by atoms with Crippen LogP contribution in [0.1, 0.15) is 45.6 Å². The number of hydrogen-bond donors (Lipinski definition) is 2. The van der Waals surface area contributed by atoms with Crippen LogP contribution in [0, 0.1) is 5.92 Å². The Morgan fingerprint density at radius 3 is 2.30 bits per heavy atom. The Hall–Kier alpha value is -3.85. The molecule has 0 unspecified atom stereocenters. The van der Waals surface area contributed by atoms with E-state index < -0.39 is 5.54 Å². The molecule has 1 aliphatic rings. The number of amides is 1. The van der Waals surface area contributed by atoms with Gasteiger partial charge in [0.1, 0.15) is 0 Å². The highest BCUT2D eigenvalue weighted by atomic mass is 16.3. The lowest BCUT2D eigenvalue weighted by atomic mass is 9.85. The summed E-state index contributed by atoms with van der Waals surface area (Å²) in [5.74, 6) is 0.680. The quantitative estimate of drug-likeness (QED) is 0.397. The molecule has 0 aliphatic heterocycles. The van der Waals surface area contributed by atoms with Gasteiger partial charge < -0.3 is 10.4 Å². The zero-order valence-corrected chi connectivity index (χ0v) is 21.5. The SMILES string of the molecule is Cn1cc(-c2cccc(-c3ncc(-c4cnn([C@H]5CC[C@H](C(=O)NC(C)(C)CO)CC5)c4)cn3)c2)cn1. The molecule has 1 amide bonds. The predicted octanol–water partition coefficient (Wildman–Crippen LogP) is 4.03. The van der Waals surface area contributed by atoms with E-state index in [9.17, 15) is 9.90 Å². The monoisotopic (exact) mass is 499 g/mol. The highest BCUT2D eigenvalue weighted by Gasteiger charge is 2.30. The first-order valence-electron chi connectivity index (χ1n) is 12.7. The number of carbonyl (C=O) groups is 1. The van der Waals surface area contributed by atoms with E-state index in [1.165, 1.54) is 0 Å². The lowest BCUT2D eigenvalue weighted by Crippen LogP contribution is -2.49. The molecule has 1 aromatic carbocycles. The molecule has 9 nitrogen and oxygen atoms in total. The summed E-state index contributed by atoms with van der Waals surface area (Å²) in [5, 5.41) is 21.2. The number of aliphatic hydroxyl groups is 1. The summed E-state index contributed by atoms with van der Waals surface area (Å²) >= 11 is 0. The number of nitrogens with zero attached hydrogens (tertiary/aromatic N) is 6. The van der Waals surface area contributed by atoms with E-state index in [1.54, 1.807) is 4.68 Å². The Labute approximate surface area is 216 Å². The minimum Gasteiger partial charge on any atom is -0.394 e. The molecule has 9 heteroatoms. The Bertz CT molecular complexity index is 1370. The lowest BCUT2D eigenvalue weighted by molar-refractivity contribution is -0.128. The highest BCUT2D eigenvalue weighted by Crippen LogP contribution is 2.33. The standard InChI is InChI=1S/C28H33N7O2/c1-28(2,18-36)33-27(37)19-7-9-25(10-8-19)35-17-24(15-32-35)22-12-29-26(30-13-22)21-6-4-5-20(11-21)23-14-31-34(3)16-23/h4-6,11-17,19,25,36H,7-10,18H2,1-3H3,(H,33,37)/t19-,25-. The number of benzene rings is 1. The topological polar surface area (TPSA) is 111 Å². The molecular formula is C28H33N7O2. The third-order valence-corrected chi connectivity index (χ3v) is 7.04. The van der Waals surface area contributed by atoms with Crippen molar-refractivity contribution in [2.45, 2.75) is 51.1 Å². The molecule has 3 heterocycles. The number of aliphatic hydroxyl groups excluding tert-OH is 1. The summed E-state index contributed by atoms with van der Waals surface area (Å²) < 4.78 is 3.79. The van der Waals surface area contributed by atoms with Crippen molar-refractivity contribution in [2.75, 3.05) is 6.61 Å². The molecule has 0 atom stereocenters. The second-order valence-electron chi connectivity index (χ2n) is 10.5. The van der Waals surface area contributed by atoms with E-state index in [0.717, 1.165) is 53.5 Å². The van der Waals surface area contributed by atoms with Crippen molar-refractivity contribution in [3.63, 3.8) is 0 Å². The van der Waals surface area contributed by atoms with E-state index >= 15 is 0 Å². The number of carbonyl (C=O) groups excluding carboxylic acids is 1. The first kappa shape index (κ1) is 24.8. The maximum Gasteiger partial charge on any atom is 0.223 e. The van der Waals surface area contributed by atoms with Crippen LogP contribution in [-0.2, 0) is 11.8 Å². The highest BCUT2D eigenvalue weighted by molar-refractivity contribution is 5.79. The van der Waals surface area contributed by atoms with Gasteiger partial charge in [0.05, 0.1) is 30.6 Å². The van der Waals surface area contributed by atoms with Crippen LogP contribution >= 0.6 is 0 Å². The predicted molar refractivity (Wildman–Crippen MR) is 141 cm³/mol. The summed E-state index contributed by atoms with van der Waals surface area (Å²) in [6.07, 6.45) is 14.8. The Morgan fingerprint density at radius 1 is 0.946 bits per heavy atom. The smallest absolute Gasteiger partial charge is 0.223 e. The first-order valence-corrected chi connectivity index (χ1v) is 12.7. The summed E-state index contributed by atoms with van der Waals surface area (Å²) in [7, 11) is 1.91. The van der Waals surface area contributed by atoms with Crippen LogP contribution in [0.2, 0.25) is 0 Å². The van der Waals surface area contributed by atoms with Gasteiger partial charge in [-0.05, 0) is 51.2 Å². The van der Waals surface area contributed by atoms with Crippen LogP contribution in [0.4, 0.5) is 0 Å². The van der Waals surface area contributed by atoms with E-state index in [4.69, 9.17) is 0 Å². The van der Waals surface area contributed by atoms with Gasteiger partial charge in [0.2, 0.25) is 5.91 Å². The summed E-state index contributed by atoms with van der Waals surface area (Å²) in [6, 6.07) is 8.41. The van der Waals surface area contributed by atoms with E-state index in [1.807, 2.05) is 74.9 Å². The van der Waals surface area contributed by atoms with Gasteiger partial charge in [0.15, 0.2) is 5.82 Å². The molecule has 2 N–H and O–H groups in total. The van der Waals surface area contributed by atoms with Crippen molar-refractivity contribution >= 4 is 5.91 Å². The van der Waals surface area contributed by atoms with Crippen molar-refractivity contribution in [2.24, 2.45) is 13.0 Å². The minimum atomic E-state index is -0.593. The summed E-state index contributed by atoms with van der Waals surface area (Å²) in [6.45, 7) is 3.59. The average Bonchev–Trinajstić information content (AvgIpc) is 3.58. The molecular weight excluding hydrogens is 466 g/mol. The number of nitrogens with one attached hydrogen (secondary N) is 1. The number of aryl methyl sites for hydroxylation is 1. The van der Waals surface area contributed by atoms with Crippen LogP contribution in [0.5, 0.6) is 0 Å². The molecule has 37 heavy (non-hydrogen) atoms. The third-order valence-electron chi connectivity index (χ3n) is 7.04. The number of aromatic nitrogens is 6. The van der Waals surface area contributed by atoms with Crippen LogP contribution < -0.4 is 5.32 Å². The van der Waals surface area contributed by atoms with Crippen LogP contribution in [0.15, 0.2) is 61.4 Å². The third kappa shape index (κ3) is 5.61. The maximum absolute atomic E-state index is 12.6. The van der Waals surface area contributed by atoms with Gasteiger partial charge in [-0.25, -0.2) is 9.97 Å². The fourth-order valence-corrected chi connectivity index (χ4v) is 4.80. The van der Waals surface area contributed by atoms with E-state index in [0.29, 0.717) is 5.82 Å². The zero-order chi connectivity index (χ0) is 26.0. The fraction of sp³-hybridized carbons (Fsp3) is 0.393. The maximum atomic E-state index is 12.6. The molecule has 4 aromatic rings. The van der Waals surface area contributed by atoms with E-state index in [2.05, 4.69) is 37.6 Å². The van der Waals surface area contributed by atoms with Crippen LogP contribution in [0.25, 0.3) is 33.6 Å². The molecule has 1 fully saturated rings. The molecule has 1 saturated carbocycles. The second-order valence-corrected chi connectivity index (χ2v) is 10.5. The lowest BCUT2D eigenvalue weighted by Gasteiger charge is -2.31. The normalized spacial score (nSPS) is 18.1. The summed E-state index contributed by atoms with van der Waals surface area (Å²) in [4.78, 5) is 21.8. The van der Waals surface area contributed by atoms with Gasteiger partial charge in [0, 0.05) is 60.0 Å². The molecule has 0 saturated heterocycles. The molecule has 0 spiro atoms. The molecule has 0 bridgehead atoms. The van der Waals surface area contributed by atoms with Gasteiger partial charge >= 0.3 is 0 Å². The van der Waals surface area contributed by atoms with Crippen LogP contribution in [-0.4, -0.2) is 52.7 Å².